The maximum atomic E-state index is 13.6. The minimum atomic E-state index is -0.891. The van der Waals surface area contributed by atoms with Crippen molar-refractivity contribution in [1.82, 2.24) is 9.80 Å². The normalized spacial score (nSPS) is 14.7. The second-order valence-electron chi connectivity index (χ2n) is 8.61. The second kappa shape index (κ2) is 8.81. The molecule has 1 aliphatic rings. The maximum absolute atomic E-state index is 13.6. The van der Waals surface area contributed by atoms with Crippen LogP contribution in [0, 0.1) is 5.41 Å². The fourth-order valence-electron chi connectivity index (χ4n) is 3.73. The molecule has 2 aromatic carbocycles. The number of nitrogens with zero attached hydrogens (tertiary/aromatic N) is 2. The molecule has 0 saturated heterocycles. The molecule has 1 saturated carbocycles. The number of carbonyl (C=O) groups is 2. The Morgan fingerprint density at radius 1 is 0.724 bits per heavy atom. The van der Waals surface area contributed by atoms with Crippen molar-refractivity contribution >= 4 is 11.8 Å². The van der Waals surface area contributed by atoms with E-state index in [0.717, 1.165) is 11.1 Å². The van der Waals surface area contributed by atoms with Crippen molar-refractivity contribution in [2.75, 3.05) is 0 Å². The van der Waals surface area contributed by atoms with Crippen LogP contribution in [0.25, 0.3) is 0 Å². The zero-order chi connectivity index (χ0) is 21.0. The van der Waals surface area contributed by atoms with E-state index < -0.39 is 5.41 Å². The first-order chi connectivity index (χ1) is 13.8. The first kappa shape index (κ1) is 21.1. The van der Waals surface area contributed by atoms with Crippen molar-refractivity contribution in [3.63, 3.8) is 0 Å². The van der Waals surface area contributed by atoms with Gasteiger partial charge < -0.3 is 9.80 Å². The maximum Gasteiger partial charge on any atom is 0.238 e. The van der Waals surface area contributed by atoms with Crippen LogP contribution in [0.4, 0.5) is 0 Å². The van der Waals surface area contributed by atoms with Gasteiger partial charge in [0.2, 0.25) is 11.8 Å². The van der Waals surface area contributed by atoms with E-state index in [0.29, 0.717) is 25.9 Å². The monoisotopic (exact) mass is 392 g/mol. The van der Waals surface area contributed by atoms with Gasteiger partial charge in [-0.15, -0.1) is 0 Å². The summed E-state index contributed by atoms with van der Waals surface area (Å²) in [6.07, 6.45) is 1.28. The van der Waals surface area contributed by atoms with Crippen LogP contribution in [-0.2, 0) is 22.7 Å². The van der Waals surface area contributed by atoms with Gasteiger partial charge >= 0.3 is 0 Å². The Hall–Kier alpha value is -2.62. The molecule has 1 aliphatic carbocycles. The van der Waals surface area contributed by atoms with Crippen molar-refractivity contribution in [2.45, 2.75) is 65.7 Å². The molecule has 2 amide bonds. The molecule has 1 fully saturated rings. The number of amides is 2. The quantitative estimate of drug-likeness (QED) is 0.614. The number of hydrogen-bond acceptors (Lipinski definition) is 2. The molecular formula is C25H32N2O2. The summed E-state index contributed by atoms with van der Waals surface area (Å²) < 4.78 is 0. The highest BCUT2D eigenvalue weighted by molar-refractivity contribution is 6.08. The Kier molecular flexibility index (Phi) is 6.41. The van der Waals surface area contributed by atoms with Crippen LogP contribution >= 0.6 is 0 Å². The molecule has 3 rings (SSSR count). The van der Waals surface area contributed by atoms with E-state index in [1.165, 1.54) is 0 Å². The lowest BCUT2D eigenvalue weighted by Gasteiger charge is -2.35. The van der Waals surface area contributed by atoms with Crippen LogP contribution in [-0.4, -0.2) is 33.7 Å². The third-order valence-electron chi connectivity index (χ3n) is 5.73. The molecule has 4 nitrogen and oxygen atoms in total. The van der Waals surface area contributed by atoms with Crippen molar-refractivity contribution < 1.29 is 9.59 Å². The summed E-state index contributed by atoms with van der Waals surface area (Å²) in [4.78, 5) is 30.9. The van der Waals surface area contributed by atoms with Crippen molar-refractivity contribution in [2.24, 2.45) is 5.41 Å². The van der Waals surface area contributed by atoms with E-state index in [2.05, 4.69) is 0 Å². The number of carbonyl (C=O) groups excluding carboxylic acids is 2. The molecule has 0 spiro atoms. The Morgan fingerprint density at radius 3 is 1.34 bits per heavy atom. The van der Waals surface area contributed by atoms with Crippen LogP contribution in [0.5, 0.6) is 0 Å². The van der Waals surface area contributed by atoms with Crippen LogP contribution in [0.1, 0.15) is 51.7 Å². The van der Waals surface area contributed by atoms with E-state index in [9.17, 15) is 9.59 Å². The average molecular weight is 393 g/mol. The van der Waals surface area contributed by atoms with Gasteiger partial charge in [0.25, 0.3) is 0 Å². The minimum absolute atomic E-state index is 0.0277. The summed E-state index contributed by atoms with van der Waals surface area (Å²) in [5, 5.41) is 0. The van der Waals surface area contributed by atoms with Gasteiger partial charge in [0.15, 0.2) is 0 Å². The van der Waals surface area contributed by atoms with Gasteiger partial charge in [0.1, 0.15) is 5.41 Å². The Morgan fingerprint density at radius 2 is 1.07 bits per heavy atom. The van der Waals surface area contributed by atoms with Crippen LogP contribution in [0.2, 0.25) is 0 Å². The van der Waals surface area contributed by atoms with E-state index >= 15 is 0 Å². The molecule has 29 heavy (non-hydrogen) atoms. The zero-order valence-corrected chi connectivity index (χ0v) is 18.0. The number of hydrogen-bond donors (Lipinski definition) is 0. The fraction of sp³-hybridized carbons (Fsp3) is 0.440. The SMILES string of the molecule is CC(C)N(Cc1ccccc1)C(=O)C1(C(=O)N(Cc2ccccc2)C(C)C)CC1. The second-order valence-corrected chi connectivity index (χ2v) is 8.61. The minimum Gasteiger partial charge on any atom is -0.335 e. The van der Waals surface area contributed by atoms with Crippen molar-refractivity contribution in [1.29, 1.82) is 0 Å². The molecule has 0 bridgehead atoms. The van der Waals surface area contributed by atoms with Gasteiger partial charge in [-0.05, 0) is 51.7 Å². The average Bonchev–Trinajstić information content (AvgIpc) is 3.52. The first-order valence-electron chi connectivity index (χ1n) is 10.5. The zero-order valence-electron chi connectivity index (χ0n) is 18.0. The lowest BCUT2D eigenvalue weighted by Crippen LogP contribution is -2.50. The van der Waals surface area contributed by atoms with Gasteiger partial charge in [0.05, 0.1) is 0 Å². The molecule has 0 heterocycles. The Labute approximate surface area is 174 Å². The first-order valence-corrected chi connectivity index (χ1v) is 10.5. The largest absolute Gasteiger partial charge is 0.335 e. The Balaban J connectivity index is 1.81. The molecule has 0 aromatic heterocycles. The predicted molar refractivity (Wildman–Crippen MR) is 116 cm³/mol. The summed E-state index contributed by atoms with van der Waals surface area (Å²) in [6.45, 7) is 9.15. The summed E-state index contributed by atoms with van der Waals surface area (Å²) in [7, 11) is 0. The number of benzene rings is 2. The molecule has 4 heteroatoms. The molecule has 2 aromatic rings. The van der Waals surface area contributed by atoms with E-state index in [1.807, 2.05) is 98.2 Å². The van der Waals surface area contributed by atoms with Crippen LogP contribution < -0.4 is 0 Å². The predicted octanol–water partition coefficient (Wildman–Crippen LogP) is 4.64. The number of rotatable bonds is 8. The molecule has 0 atom stereocenters. The highest BCUT2D eigenvalue weighted by Crippen LogP contribution is 2.49. The molecular weight excluding hydrogens is 360 g/mol. The molecule has 154 valence electrons. The molecule has 0 aliphatic heterocycles. The standard InChI is InChI=1S/C25H32N2O2/c1-19(2)26(17-21-11-7-5-8-12-21)23(28)25(15-16-25)24(29)27(20(3)4)18-22-13-9-6-10-14-22/h5-14,19-20H,15-18H2,1-4H3. The summed E-state index contributed by atoms with van der Waals surface area (Å²) in [5.41, 5.74) is 1.28. The highest BCUT2D eigenvalue weighted by atomic mass is 16.2. The van der Waals surface area contributed by atoms with E-state index in [1.54, 1.807) is 0 Å². The lowest BCUT2D eigenvalue weighted by atomic mass is 9.99. The highest BCUT2D eigenvalue weighted by Gasteiger charge is 2.59. The third-order valence-corrected chi connectivity index (χ3v) is 5.73. The van der Waals surface area contributed by atoms with Gasteiger partial charge in [-0.2, -0.15) is 0 Å². The summed E-state index contributed by atoms with van der Waals surface area (Å²) in [6, 6.07) is 20.1. The van der Waals surface area contributed by atoms with Crippen molar-refractivity contribution in [3.05, 3.63) is 71.8 Å². The van der Waals surface area contributed by atoms with Gasteiger partial charge in [-0.25, -0.2) is 0 Å². The lowest BCUT2D eigenvalue weighted by molar-refractivity contribution is -0.152. The topological polar surface area (TPSA) is 40.6 Å². The summed E-state index contributed by atoms with van der Waals surface area (Å²) >= 11 is 0. The molecule has 0 N–H and O–H groups in total. The van der Waals surface area contributed by atoms with Crippen molar-refractivity contribution in [3.8, 4) is 0 Å². The fourth-order valence-corrected chi connectivity index (χ4v) is 3.73. The molecule has 0 unspecified atom stereocenters. The van der Waals surface area contributed by atoms with Gasteiger partial charge in [0, 0.05) is 25.2 Å². The van der Waals surface area contributed by atoms with Crippen LogP contribution in [0.15, 0.2) is 60.7 Å². The van der Waals surface area contributed by atoms with Crippen LogP contribution in [0.3, 0.4) is 0 Å². The third kappa shape index (κ3) is 4.69. The Bertz CT molecular complexity index is 759. The molecule has 0 radical (unpaired) electrons. The smallest absolute Gasteiger partial charge is 0.238 e. The van der Waals surface area contributed by atoms with E-state index in [-0.39, 0.29) is 23.9 Å². The summed E-state index contributed by atoms with van der Waals surface area (Å²) in [5.74, 6) is -0.0554. The van der Waals surface area contributed by atoms with Gasteiger partial charge in [-0.3, -0.25) is 9.59 Å². The van der Waals surface area contributed by atoms with Gasteiger partial charge in [-0.1, -0.05) is 60.7 Å². The van der Waals surface area contributed by atoms with E-state index in [4.69, 9.17) is 0 Å².